The smallest absolute Gasteiger partial charge is 0.243 e. The quantitative estimate of drug-likeness (QED) is 0.438. The van der Waals surface area contributed by atoms with Crippen LogP contribution >= 0.6 is 0 Å². The van der Waals surface area contributed by atoms with Crippen LogP contribution < -0.4 is 16.0 Å². The van der Waals surface area contributed by atoms with Crippen molar-refractivity contribution in [2.24, 2.45) is 5.92 Å². The van der Waals surface area contributed by atoms with E-state index >= 15 is 0 Å². The molecule has 34 heavy (non-hydrogen) atoms. The highest BCUT2D eigenvalue weighted by Crippen LogP contribution is 2.20. The second-order valence-electron chi connectivity index (χ2n) is 8.09. The normalized spacial score (nSPS) is 11.8. The highest BCUT2D eigenvalue weighted by molar-refractivity contribution is 5.96. The summed E-state index contributed by atoms with van der Waals surface area (Å²) in [4.78, 5) is 37.3. The van der Waals surface area contributed by atoms with Crippen molar-refractivity contribution in [1.29, 1.82) is 0 Å². The topological polar surface area (TPSA) is 87.3 Å². The van der Waals surface area contributed by atoms with E-state index in [-0.39, 0.29) is 18.2 Å². The van der Waals surface area contributed by atoms with Crippen molar-refractivity contribution in [3.05, 3.63) is 77.6 Å². The maximum atomic E-state index is 13.7. The Kier molecular flexibility index (Phi) is 7.88. The highest BCUT2D eigenvalue weighted by Gasteiger charge is 2.25. The predicted octanol–water partition coefficient (Wildman–Crippen LogP) is 3.70. The van der Waals surface area contributed by atoms with Crippen LogP contribution in [0.3, 0.4) is 0 Å². The lowest BCUT2D eigenvalue weighted by Gasteiger charge is -2.22. The van der Waals surface area contributed by atoms with Crippen LogP contribution in [0.4, 0.5) is 18.9 Å². The number of halogens is 3. The molecule has 0 radical (unpaired) electrons. The van der Waals surface area contributed by atoms with Gasteiger partial charge >= 0.3 is 0 Å². The summed E-state index contributed by atoms with van der Waals surface area (Å²) in [5, 5.41) is 9.07. The first-order chi connectivity index (χ1) is 16.2. The van der Waals surface area contributed by atoms with Crippen LogP contribution in [0.1, 0.15) is 19.4 Å². The molecule has 0 unspecified atom stereocenters. The second-order valence-corrected chi connectivity index (χ2v) is 8.09. The van der Waals surface area contributed by atoms with E-state index in [4.69, 9.17) is 0 Å². The van der Waals surface area contributed by atoms with Crippen LogP contribution in [0, 0.1) is 23.4 Å². The van der Waals surface area contributed by atoms with Gasteiger partial charge in [0, 0.05) is 0 Å². The first kappa shape index (κ1) is 24.8. The zero-order valence-electron chi connectivity index (χ0n) is 18.6. The van der Waals surface area contributed by atoms with Crippen molar-refractivity contribution >= 4 is 34.2 Å². The Labute approximate surface area is 194 Å². The summed E-state index contributed by atoms with van der Waals surface area (Å²) >= 11 is 0. The van der Waals surface area contributed by atoms with Gasteiger partial charge in [0.05, 0.1) is 18.7 Å². The Morgan fingerprint density at radius 2 is 1.56 bits per heavy atom. The largest absolute Gasteiger partial charge is 0.345 e. The van der Waals surface area contributed by atoms with Crippen LogP contribution in [0.2, 0.25) is 0 Å². The molecule has 0 aliphatic heterocycles. The van der Waals surface area contributed by atoms with Gasteiger partial charge in [-0.15, -0.1) is 0 Å². The van der Waals surface area contributed by atoms with Gasteiger partial charge in [-0.2, -0.15) is 0 Å². The van der Waals surface area contributed by atoms with E-state index < -0.39 is 47.5 Å². The number of carbonyl (C=O) groups is 3. The van der Waals surface area contributed by atoms with Crippen LogP contribution in [0.5, 0.6) is 0 Å². The molecule has 3 amide bonds. The zero-order valence-corrected chi connectivity index (χ0v) is 18.6. The van der Waals surface area contributed by atoms with E-state index in [1.54, 1.807) is 13.8 Å². The molecule has 3 aromatic carbocycles. The second kappa shape index (κ2) is 10.8. The van der Waals surface area contributed by atoms with Crippen molar-refractivity contribution < 1.29 is 27.6 Å². The lowest BCUT2D eigenvalue weighted by atomic mass is 10.0. The number of amides is 3. The molecule has 0 spiro atoms. The maximum Gasteiger partial charge on any atom is 0.243 e. The monoisotopic (exact) mass is 471 g/mol. The molecule has 6 nitrogen and oxygen atoms in total. The summed E-state index contributed by atoms with van der Waals surface area (Å²) in [6.45, 7) is 2.91. The lowest BCUT2D eigenvalue weighted by Crippen LogP contribution is -2.51. The third-order valence-corrected chi connectivity index (χ3v) is 5.23. The van der Waals surface area contributed by atoms with Crippen molar-refractivity contribution in [3.8, 4) is 0 Å². The van der Waals surface area contributed by atoms with Gasteiger partial charge in [-0.3, -0.25) is 14.4 Å². The molecule has 0 bridgehead atoms. The maximum absolute atomic E-state index is 13.7. The highest BCUT2D eigenvalue weighted by atomic mass is 19.2. The number of fused-ring (bicyclic) bond motifs is 1. The van der Waals surface area contributed by atoms with Gasteiger partial charge in [-0.1, -0.05) is 56.3 Å². The minimum absolute atomic E-state index is 0.0632. The summed E-state index contributed by atoms with van der Waals surface area (Å²) in [5.74, 6) is -6.74. The molecule has 3 aromatic rings. The third kappa shape index (κ3) is 5.92. The molecule has 0 aliphatic rings. The fraction of sp³-hybridized carbons (Fsp3) is 0.240. The molecule has 0 heterocycles. The fourth-order valence-corrected chi connectivity index (χ4v) is 3.47. The molecular formula is C25H24F3N3O3. The standard InChI is InChI=1S/C25H24F3N3O3/c1-14(2)24(31-20(32)12-16-8-5-7-15-6-3-4-9-17(15)16)25(34)29-13-21(33)30-19-11-10-18(26)22(27)23(19)28/h3-11,14,24H,12-13H2,1-2H3,(H,29,34)(H,30,33)(H,31,32)/t24-/m0/s1. The van der Waals surface area contributed by atoms with Crippen molar-refractivity contribution in [3.63, 3.8) is 0 Å². The minimum atomic E-state index is -1.71. The number of benzene rings is 3. The average Bonchev–Trinajstić information content (AvgIpc) is 2.81. The van der Waals surface area contributed by atoms with Crippen molar-refractivity contribution in [2.75, 3.05) is 11.9 Å². The van der Waals surface area contributed by atoms with E-state index in [1.807, 2.05) is 42.5 Å². The molecule has 0 aliphatic carbocycles. The molecular weight excluding hydrogens is 447 g/mol. The Balaban J connectivity index is 1.59. The van der Waals surface area contributed by atoms with E-state index in [1.165, 1.54) is 0 Å². The Bertz CT molecular complexity index is 1230. The first-order valence-corrected chi connectivity index (χ1v) is 10.6. The van der Waals surface area contributed by atoms with Gasteiger partial charge in [0.2, 0.25) is 17.7 Å². The van der Waals surface area contributed by atoms with Crippen molar-refractivity contribution in [2.45, 2.75) is 26.3 Å². The number of hydrogen-bond donors (Lipinski definition) is 3. The minimum Gasteiger partial charge on any atom is -0.345 e. The zero-order chi connectivity index (χ0) is 24.8. The molecule has 0 saturated carbocycles. The van der Waals surface area contributed by atoms with E-state index in [2.05, 4.69) is 16.0 Å². The Morgan fingerprint density at radius 1 is 0.853 bits per heavy atom. The van der Waals surface area contributed by atoms with Gasteiger partial charge < -0.3 is 16.0 Å². The van der Waals surface area contributed by atoms with E-state index in [9.17, 15) is 27.6 Å². The first-order valence-electron chi connectivity index (χ1n) is 10.6. The lowest BCUT2D eigenvalue weighted by molar-refractivity contribution is -0.130. The molecule has 0 fully saturated rings. The Morgan fingerprint density at radius 3 is 2.29 bits per heavy atom. The van der Waals surface area contributed by atoms with Gasteiger partial charge in [0.15, 0.2) is 17.5 Å². The summed E-state index contributed by atoms with van der Waals surface area (Å²) in [7, 11) is 0. The number of hydrogen-bond acceptors (Lipinski definition) is 3. The molecule has 0 saturated heterocycles. The number of carbonyl (C=O) groups excluding carboxylic acids is 3. The number of nitrogens with one attached hydrogen (secondary N) is 3. The molecule has 9 heteroatoms. The SMILES string of the molecule is CC(C)[C@H](NC(=O)Cc1cccc2ccccc12)C(=O)NCC(=O)Nc1ccc(F)c(F)c1F. The summed E-state index contributed by atoms with van der Waals surface area (Å²) in [5.41, 5.74) is 0.258. The molecule has 1 atom stereocenters. The van der Waals surface area contributed by atoms with E-state index in [0.717, 1.165) is 22.4 Å². The number of anilines is 1. The molecule has 3 rings (SSSR count). The van der Waals surface area contributed by atoms with Crippen LogP contribution in [-0.4, -0.2) is 30.3 Å². The van der Waals surface area contributed by atoms with Gasteiger partial charge in [-0.25, -0.2) is 13.2 Å². The van der Waals surface area contributed by atoms with Gasteiger partial charge in [-0.05, 0) is 34.4 Å². The van der Waals surface area contributed by atoms with Gasteiger partial charge in [0.25, 0.3) is 0 Å². The average molecular weight is 471 g/mol. The summed E-state index contributed by atoms with van der Waals surface area (Å²) < 4.78 is 40.0. The predicted molar refractivity (Wildman–Crippen MR) is 122 cm³/mol. The number of rotatable bonds is 8. The Hall–Kier alpha value is -3.88. The van der Waals surface area contributed by atoms with Gasteiger partial charge in [0.1, 0.15) is 6.04 Å². The summed E-state index contributed by atoms with van der Waals surface area (Å²) in [6.07, 6.45) is 0.0632. The molecule has 3 N–H and O–H groups in total. The molecule has 0 aromatic heterocycles. The van der Waals surface area contributed by atoms with Crippen LogP contribution in [0.25, 0.3) is 10.8 Å². The summed E-state index contributed by atoms with van der Waals surface area (Å²) in [6, 6.07) is 13.9. The fourth-order valence-electron chi connectivity index (χ4n) is 3.47. The van der Waals surface area contributed by atoms with E-state index in [0.29, 0.717) is 6.07 Å². The third-order valence-electron chi connectivity index (χ3n) is 5.23. The van der Waals surface area contributed by atoms with Crippen LogP contribution in [-0.2, 0) is 20.8 Å². The molecule has 178 valence electrons. The van der Waals surface area contributed by atoms with Crippen molar-refractivity contribution in [1.82, 2.24) is 10.6 Å². The van der Waals surface area contributed by atoms with Crippen LogP contribution in [0.15, 0.2) is 54.6 Å².